The second-order valence-corrected chi connectivity index (χ2v) is 6.91. The molecule has 0 atom stereocenters. The van der Waals surface area contributed by atoms with Crippen LogP contribution in [0.4, 0.5) is 4.39 Å². The van der Waals surface area contributed by atoms with Gasteiger partial charge in [0, 0.05) is 17.0 Å². The fourth-order valence-corrected chi connectivity index (χ4v) is 3.45. The molecule has 0 radical (unpaired) electrons. The summed E-state index contributed by atoms with van der Waals surface area (Å²) in [4.78, 5) is 4.91. The Morgan fingerprint density at radius 2 is 1.72 bits per heavy atom. The SMILES string of the molecule is CCCCCc1c(CC)nc(C(C)C)c(CO)c1-c1ccc(F)cc1. The van der Waals surface area contributed by atoms with Crippen molar-refractivity contribution in [3.63, 3.8) is 0 Å². The lowest BCUT2D eigenvalue weighted by Gasteiger charge is -2.22. The first kappa shape index (κ1) is 19.6. The molecule has 0 saturated carbocycles. The van der Waals surface area contributed by atoms with Crippen LogP contribution in [0.1, 0.15) is 75.4 Å². The summed E-state index contributed by atoms with van der Waals surface area (Å²) >= 11 is 0. The van der Waals surface area contributed by atoms with Crippen molar-refractivity contribution in [1.82, 2.24) is 4.98 Å². The van der Waals surface area contributed by atoms with Gasteiger partial charge in [0.05, 0.1) is 6.61 Å². The molecule has 3 heteroatoms. The first-order chi connectivity index (χ1) is 12.0. The number of nitrogens with zero attached hydrogens (tertiary/aromatic N) is 1. The average Bonchev–Trinajstić information content (AvgIpc) is 2.61. The molecule has 1 heterocycles. The molecular formula is C22H30FNO. The zero-order chi connectivity index (χ0) is 18.4. The van der Waals surface area contributed by atoms with Gasteiger partial charge in [0.25, 0.3) is 0 Å². The molecule has 0 spiro atoms. The molecule has 0 aliphatic rings. The van der Waals surface area contributed by atoms with Gasteiger partial charge in [-0.1, -0.05) is 52.7 Å². The van der Waals surface area contributed by atoms with Crippen molar-refractivity contribution in [2.24, 2.45) is 0 Å². The van der Waals surface area contributed by atoms with E-state index in [1.165, 1.54) is 24.1 Å². The highest BCUT2D eigenvalue weighted by Crippen LogP contribution is 2.35. The zero-order valence-electron chi connectivity index (χ0n) is 15.9. The third-order valence-corrected chi connectivity index (χ3v) is 4.72. The predicted octanol–water partition coefficient (Wildman–Crippen LogP) is 5.80. The van der Waals surface area contributed by atoms with Crippen LogP contribution >= 0.6 is 0 Å². The Hall–Kier alpha value is -1.74. The summed E-state index contributed by atoms with van der Waals surface area (Å²) in [6.07, 6.45) is 5.25. The van der Waals surface area contributed by atoms with E-state index in [4.69, 9.17) is 4.98 Å². The van der Waals surface area contributed by atoms with E-state index in [2.05, 4.69) is 27.7 Å². The Bertz CT molecular complexity index is 692. The molecule has 0 amide bonds. The lowest BCUT2D eigenvalue weighted by atomic mass is 9.87. The van der Waals surface area contributed by atoms with Crippen LogP contribution in [0.15, 0.2) is 24.3 Å². The number of aliphatic hydroxyl groups is 1. The fraction of sp³-hybridized carbons (Fsp3) is 0.500. The minimum Gasteiger partial charge on any atom is -0.392 e. The Kier molecular flexibility index (Phi) is 7.12. The van der Waals surface area contributed by atoms with Crippen LogP contribution in [0, 0.1) is 5.82 Å². The van der Waals surface area contributed by atoms with Gasteiger partial charge in [0.15, 0.2) is 0 Å². The smallest absolute Gasteiger partial charge is 0.123 e. The molecule has 2 nitrogen and oxygen atoms in total. The van der Waals surface area contributed by atoms with Crippen LogP contribution in [-0.4, -0.2) is 10.1 Å². The summed E-state index contributed by atoms with van der Waals surface area (Å²) in [6.45, 7) is 8.49. The van der Waals surface area contributed by atoms with Gasteiger partial charge in [-0.2, -0.15) is 0 Å². The molecular weight excluding hydrogens is 313 g/mol. The quantitative estimate of drug-likeness (QED) is 0.615. The molecule has 0 aliphatic carbocycles. The molecule has 0 bridgehead atoms. The summed E-state index contributed by atoms with van der Waals surface area (Å²) < 4.78 is 13.4. The largest absolute Gasteiger partial charge is 0.392 e. The topological polar surface area (TPSA) is 33.1 Å². The summed E-state index contributed by atoms with van der Waals surface area (Å²) in [7, 11) is 0. The summed E-state index contributed by atoms with van der Waals surface area (Å²) in [5.74, 6) is -0.00738. The lowest BCUT2D eigenvalue weighted by Crippen LogP contribution is -2.11. The van der Waals surface area contributed by atoms with Gasteiger partial charge in [-0.15, -0.1) is 0 Å². The molecule has 25 heavy (non-hydrogen) atoms. The Morgan fingerprint density at radius 3 is 2.24 bits per heavy atom. The van der Waals surface area contributed by atoms with E-state index in [0.29, 0.717) is 0 Å². The number of benzene rings is 1. The second kappa shape index (κ2) is 9.10. The van der Waals surface area contributed by atoms with Crippen molar-refractivity contribution in [2.75, 3.05) is 0 Å². The first-order valence-electron chi connectivity index (χ1n) is 9.44. The van der Waals surface area contributed by atoms with E-state index >= 15 is 0 Å². The maximum atomic E-state index is 13.4. The van der Waals surface area contributed by atoms with E-state index in [-0.39, 0.29) is 18.3 Å². The molecule has 2 rings (SSSR count). The standard InChI is InChI=1S/C22H30FNO/c1-5-7-8-9-18-20(6-2)24-22(15(3)4)19(14-25)21(18)16-10-12-17(23)13-11-16/h10-13,15,25H,5-9,14H2,1-4H3. The van der Waals surface area contributed by atoms with Gasteiger partial charge in [-0.3, -0.25) is 4.98 Å². The minimum absolute atomic E-state index is 0.0437. The molecule has 1 aromatic heterocycles. The summed E-state index contributed by atoms with van der Waals surface area (Å²) in [5.41, 5.74) is 6.21. The van der Waals surface area contributed by atoms with Crippen molar-refractivity contribution in [1.29, 1.82) is 0 Å². The van der Waals surface area contributed by atoms with E-state index in [1.54, 1.807) is 0 Å². The van der Waals surface area contributed by atoms with Crippen LogP contribution in [0.5, 0.6) is 0 Å². The third-order valence-electron chi connectivity index (χ3n) is 4.72. The molecule has 0 aliphatic heterocycles. The number of aromatic nitrogens is 1. The lowest BCUT2D eigenvalue weighted by molar-refractivity contribution is 0.279. The van der Waals surface area contributed by atoms with Crippen LogP contribution in [-0.2, 0) is 19.4 Å². The number of aliphatic hydroxyl groups excluding tert-OH is 1. The highest BCUT2D eigenvalue weighted by Gasteiger charge is 2.21. The van der Waals surface area contributed by atoms with Crippen LogP contribution in [0.3, 0.4) is 0 Å². The molecule has 136 valence electrons. The first-order valence-corrected chi connectivity index (χ1v) is 9.44. The van der Waals surface area contributed by atoms with Crippen molar-refractivity contribution >= 4 is 0 Å². The van der Waals surface area contributed by atoms with Crippen molar-refractivity contribution in [3.05, 3.63) is 52.6 Å². The normalized spacial score (nSPS) is 11.3. The summed E-state index contributed by atoms with van der Waals surface area (Å²) in [5, 5.41) is 10.1. The number of rotatable bonds is 8. The number of unbranched alkanes of at least 4 members (excludes halogenated alkanes) is 2. The fourth-order valence-electron chi connectivity index (χ4n) is 3.45. The van der Waals surface area contributed by atoms with Crippen molar-refractivity contribution in [3.8, 4) is 11.1 Å². The van der Waals surface area contributed by atoms with Crippen molar-refractivity contribution in [2.45, 2.75) is 72.3 Å². The van der Waals surface area contributed by atoms with Crippen LogP contribution < -0.4 is 0 Å². The summed E-state index contributed by atoms with van der Waals surface area (Å²) in [6, 6.07) is 6.62. The number of hydrogen-bond donors (Lipinski definition) is 1. The van der Waals surface area contributed by atoms with Gasteiger partial charge in [0.1, 0.15) is 5.82 Å². The van der Waals surface area contributed by atoms with Gasteiger partial charge in [-0.25, -0.2) is 4.39 Å². The average molecular weight is 343 g/mol. The maximum absolute atomic E-state index is 13.4. The zero-order valence-corrected chi connectivity index (χ0v) is 15.9. The molecule has 1 N–H and O–H groups in total. The molecule has 0 saturated heterocycles. The Balaban J connectivity index is 2.71. The van der Waals surface area contributed by atoms with E-state index in [9.17, 15) is 9.50 Å². The van der Waals surface area contributed by atoms with Crippen LogP contribution in [0.25, 0.3) is 11.1 Å². The minimum atomic E-state index is -0.240. The Morgan fingerprint density at radius 1 is 1.04 bits per heavy atom. The van der Waals surface area contributed by atoms with Crippen molar-refractivity contribution < 1.29 is 9.50 Å². The number of aryl methyl sites for hydroxylation is 1. The number of halogens is 1. The molecule has 1 aromatic carbocycles. The van der Waals surface area contributed by atoms with E-state index < -0.39 is 0 Å². The highest BCUT2D eigenvalue weighted by atomic mass is 19.1. The highest BCUT2D eigenvalue weighted by molar-refractivity contribution is 5.73. The van der Waals surface area contributed by atoms with Gasteiger partial charge >= 0.3 is 0 Å². The third kappa shape index (κ3) is 4.46. The molecule has 0 fully saturated rings. The second-order valence-electron chi connectivity index (χ2n) is 6.91. The van der Waals surface area contributed by atoms with Gasteiger partial charge in [0.2, 0.25) is 0 Å². The van der Waals surface area contributed by atoms with Gasteiger partial charge < -0.3 is 5.11 Å². The van der Waals surface area contributed by atoms with E-state index in [0.717, 1.165) is 53.8 Å². The number of pyridine rings is 1. The predicted molar refractivity (Wildman–Crippen MR) is 102 cm³/mol. The van der Waals surface area contributed by atoms with Gasteiger partial charge in [-0.05, 0) is 54.0 Å². The molecule has 0 unspecified atom stereocenters. The van der Waals surface area contributed by atoms with Crippen LogP contribution in [0.2, 0.25) is 0 Å². The maximum Gasteiger partial charge on any atom is 0.123 e. The Labute approximate surface area is 151 Å². The number of hydrogen-bond acceptors (Lipinski definition) is 2. The van der Waals surface area contributed by atoms with E-state index in [1.807, 2.05) is 12.1 Å². The molecule has 2 aromatic rings. The monoisotopic (exact) mass is 343 g/mol.